The second-order valence-corrected chi connectivity index (χ2v) is 4.70. The first kappa shape index (κ1) is 12.6. The van der Waals surface area contributed by atoms with Gasteiger partial charge in [-0.15, -0.1) is 0 Å². The predicted molar refractivity (Wildman–Crippen MR) is 73.8 cm³/mol. The van der Waals surface area contributed by atoms with Crippen LogP contribution in [0.5, 0.6) is 5.75 Å². The minimum Gasteiger partial charge on any atom is -0.425 e. The summed E-state index contributed by atoms with van der Waals surface area (Å²) < 4.78 is 5.57. The van der Waals surface area contributed by atoms with Crippen LogP contribution < -0.4 is 4.74 Å². The second-order valence-electron chi connectivity index (χ2n) is 4.70. The van der Waals surface area contributed by atoms with Gasteiger partial charge in [-0.05, 0) is 17.4 Å². The van der Waals surface area contributed by atoms with Crippen LogP contribution in [0.3, 0.4) is 0 Å². The molecule has 2 aromatic carbocycles. The number of hydrogen-bond acceptors (Lipinski definition) is 2. The third-order valence-corrected chi connectivity index (χ3v) is 3.02. The van der Waals surface area contributed by atoms with Gasteiger partial charge in [-0.2, -0.15) is 0 Å². The highest BCUT2D eigenvalue weighted by Crippen LogP contribution is 2.30. The molecule has 0 aliphatic heterocycles. The zero-order valence-electron chi connectivity index (χ0n) is 11.1. The summed E-state index contributed by atoms with van der Waals surface area (Å²) in [5.41, 5.74) is 1.07. The Morgan fingerprint density at radius 3 is 2.56 bits per heavy atom. The molecule has 0 heterocycles. The summed E-state index contributed by atoms with van der Waals surface area (Å²) in [6.07, 6.45) is 0.853. The topological polar surface area (TPSA) is 26.3 Å². The standard InChI is InChI=1S/C16H18O2/c1-4-12-9-10-13-7-5-6-8-14(13)15(12)18-16(17)11(2)3/h5-11H,4H2,1-3H3. The van der Waals surface area contributed by atoms with Crippen molar-refractivity contribution in [2.24, 2.45) is 5.92 Å². The minimum absolute atomic E-state index is 0.117. The van der Waals surface area contributed by atoms with E-state index < -0.39 is 0 Å². The van der Waals surface area contributed by atoms with Crippen LogP contribution in [0.2, 0.25) is 0 Å². The number of esters is 1. The lowest BCUT2D eigenvalue weighted by Crippen LogP contribution is -2.15. The largest absolute Gasteiger partial charge is 0.425 e. The molecule has 2 nitrogen and oxygen atoms in total. The quantitative estimate of drug-likeness (QED) is 0.601. The van der Waals surface area contributed by atoms with Gasteiger partial charge < -0.3 is 4.74 Å². The molecule has 94 valence electrons. The van der Waals surface area contributed by atoms with Crippen LogP contribution in [0, 0.1) is 5.92 Å². The first-order valence-electron chi connectivity index (χ1n) is 6.35. The second kappa shape index (κ2) is 5.21. The van der Waals surface area contributed by atoms with Crippen molar-refractivity contribution >= 4 is 16.7 Å². The van der Waals surface area contributed by atoms with Gasteiger partial charge in [-0.3, -0.25) is 4.79 Å². The van der Waals surface area contributed by atoms with Crippen LogP contribution in [0.15, 0.2) is 36.4 Å². The molecular formula is C16H18O2. The zero-order valence-corrected chi connectivity index (χ0v) is 11.1. The summed E-state index contributed by atoms with van der Waals surface area (Å²) in [7, 11) is 0. The third-order valence-electron chi connectivity index (χ3n) is 3.02. The van der Waals surface area contributed by atoms with Crippen molar-refractivity contribution < 1.29 is 9.53 Å². The Labute approximate surface area is 108 Å². The fourth-order valence-electron chi connectivity index (χ4n) is 1.91. The normalized spacial score (nSPS) is 10.9. The van der Waals surface area contributed by atoms with Crippen LogP contribution >= 0.6 is 0 Å². The smallest absolute Gasteiger partial charge is 0.313 e. The number of carbonyl (C=O) groups excluding carboxylic acids is 1. The van der Waals surface area contributed by atoms with Crippen molar-refractivity contribution in [2.45, 2.75) is 27.2 Å². The Morgan fingerprint density at radius 1 is 1.17 bits per heavy atom. The lowest BCUT2D eigenvalue weighted by Gasteiger charge is -2.13. The summed E-state index contributed by atoms with van der Waals surface area (Å²) in [5.74, 6) is 0.420. The maximum absolute atomic E-state index is 11.8. The number of fused-ring (bicyclic) bond motifs is 1. The molecule has 0 radical (unpaired) electrons. The van der Waals surface area contributed by atoms with E-state index in [1.165, 1.54) is 0 Å². The molecule has 2 heteroatoms. The SMILES string of the molecule is CCc1ccc2ccccc2c1OC(=O)C(C)C. The average Bonchev–Trinajstić information content (AvgIpc) is 2.39. The van der Waals surface area contributed by atoms with Gasteiger partial charge in [0.25, 0.3) is 0 Å². The van der Waals surface area contributed by atoms with Crippen LogP contribution in [-0.4, -0.2) is 5.97 Å². The molecule has 0 atom stereocenters. The summed E-state index contributed by atoms with van der Waals surface area (Å²) in [5, 5.41) is 2.10. The highest BCUT2D eigenvalue weighted by atomic mass is 16.5. The monoisotopic (exact) mass is 242 g/mol. The first-order chi connectivity index (χ1) is 8.63. The Bertz CT molecular complexity index is 570. The van der Waals surface area contributed by atoms with Crippen molar-refractivity contribution in [1.29, 1.82) is 0 Å². The minimum atomic E-state index is -0.180. The first-order valence-corrected chi connectivity index (χ1v) is 6.35. The fraction of sp³-hybridized carbons (Fsp3) is 0.312. The molecule has 0 saturated carbocycles. The molecular weight excluding hydrogens is 224 g/mol. The molecule has 0 bridgehead atoms. The molecule has 0 aliphatic carbocycles. The molecule has 0 aliphatic rings. The van der Waals surface area contributed by atoms with E-state index in [0.717, 1.165) is 22.8 Å². The number of rotatable bonds is 3. The summed E-state index contributed by atoms with van der Waals surface area (Å²) >= 11 is 0. The van der Waals surface area contributed by atoms with Gasteiger partial charge in [-0.25, -0.2) is 0 Å². The van der Waals surface area contributed by atoms with Gasteiger partial charge in [-0.1, -0.05) is 57.2 Å². The van der Waals surface area contributed by atoms with Crippen molar-refractivity contribution in [3.8, 4) is 5.75 Å². The highest BCUT2D eigenvalue weighted by molar-refractivity contribution is 5.92. The molecule has 0 spiro atoms. The average molecular weight is 242 g/mol. The molecule has 0 fully saturated rings. The Hall–Kier alpha value is -1.83. The lowest BCUT2D eigenvalue weighted by molar-refractivity contribution is -0.137. The van der Waals surface area contributed by atoms with E-state index in [1.54, 1.807) is 0 Å². The van der Waals surface area contributed by atoms with Gasteiger partial charge in [0.15, 0.2) is 0 Å². The van der Waals surface area contributed by atoms with Gasteiger partial charge >= 0.3 is 5.97 Å². The number of hydrogen-bond donors (Lipinski definition) is 0. The maximum Gasteiger partial charge on any atom is 0.313 e. The van der Waals surface area contributed by atoms with E-state index >= 15 is 0 Å². The van der Waals surface area contributed by atoms with Gasteiger partial charge in [0.2, 0.25) is 0 Å². The molecule has 0 N–H and O–H groups in total. The van der Waals surface area contributed by atoms with Gasteiger partial charge in [0, 0.05) is 5.39 Å². The fourth-order valence-corrected chi connectivity index (χ4v) is 1.91. The summed E-state index contributed by atoms with van der Waals surface area (Å²) in [4.78, 5) is 11.8. The zero-order chi connectivity index (χ0) is 13.1. The van der Waals surface area contributed by atoms with Crippen LogP contribution in [-0.2, 0) is 11.2 Å². The van der Waals surface area contributed by atoms with Crippen molar-refractivity contribution in [3.05, 3.63) is 42.0 Å². The third kappa shape index (κ3) is 2.37. The van der Waals surface area contributed by atoms with Crippen LogP contribution in [0.4, 0.5) is 0 Å². The van der Waals surface area contributed by atoms with Crippen molar-refractivity contribution in [1.82, 2.24) is 0 Å². The van der Waals surface area contributed by atoms with E-state index in [9.17, 15) is 4.79 Å². The van der Waals surface area contributed by atoms with E-state index in [1.807, 2.05) is 44.2 Å². The van der Waals surface area contributed by atoms with Crippen molar-refractivity contribution in [2.75, 3.05) is 0 Å². The molecule has 18 heavy (non-hydrogen) atoms. The summed E-state index contributed by atoms with van der Waals surface area (Å²) in [6.45, 7) is 5.76. The summed E-state index contributed by atoms with van der Waals surface area (Å²) in [6, 6.07) is 12.1. The molecule has 0 aromatic heterocycles. The van der Waals surface area contributed by atoms with Gasteiger partial charge in [0.1, 0.15) is 5.75 Å². The molecule has 0 unspecified atom stereocenters. The number of aryl methyl sites for hydroxylation is 1. The molecule has 0 saturated heterocycles. The van der Waals surface area contributed by atoms with E-state index in [2.05, 4.69) is 13.0 Å². The van der Waals surface area contributed by atoms with Crippen LogP contribution in [0.1, 0.15) is 26.3 Å². The molecule has 2 aromatic rings. The lowest BCUT2D eigenvalue weighted by atomic mass is 10.0. The molecule has 2 rings (SSSR count). The number of ether oxygens (including phenoxy) is 1. The predicted octanol–water partition coefficient (Wildman–Crippen LogP) is 3.96. The Balaban J connectivity index is 2.54. The number of benzene rings is 2. The van der Waals surface area contributed by atoms with E-state index in [0.29, 0.717) is 5.75 Å². The molecule has 0 amide bonds. The maximum atomic E-state index is 11.8. The van der Waals surface area contributed by atoms with Gasteiger partial charge in [0.05, 0.1) is 5.92 Å². The van der Waals surface area contributed by atoms with Crippen LogP contribution in [0.25, 0.3) is 10.8 Å². The number of carbonyl (C=O) groups is 1. The Morgan fingerprint density at radius 2 is 1.89 bits per heavy atom. The highest BCUT2D eigenvalue weighted by Gasteiger charge is 2.14. The van der Waals surface area contributed by atoms with E-state index in [4.69, 9.17) is 4.74 Å². The van der Waals surface area contributed by atoms with E-state index in [-0.39, 0.29) is 11.9 Å². The van der Waals surface area contributed by atoms with Crippen molar-refractivity contribution in [3.63, 3.8) is 0 Å². The Kier molecular flexibility index (Phi) is 3.66.